The summed E-state index contributed by atoms with van der Waals surface area (Å²) >= 11 is 0. The van der Waals surface area contributed by atoms with Crippen LogP contribution < -0.4 is 10.5 Å². The molecule has 0 aliphatic rings. The number of amides is 1. The van der Waals surface area contributed by atoms with E-state index in [4.69, 9.17) is 8.85 Å². The molecule has 0 atom stereocenters. The molecule has 0 heterocycles. The summed E-state index contributed by atoms with van der Waals surface area (Å²) in [5.41, 5.74) is 1.61. The lowest BCUT2D eigenvalue weighted by Gasteiger charge is -2.27. The molecule has 0 aliphatic carbocycles. The van der Waals surface area contributed by atoms with Crippen LogP contribution in [0.25, 0.3) is 6.08 Å². The standard InChI is InChI=1S/C19H23NO3Si/c1-4-16-10-12-17(13-11-16)19(21)20-14-15-24(22-2,23-3)18-8-6-5-7-9-18/h4-13H,1,14-15H2,2-3H3,(H,20,21). The summed E-state index contributed by atoms with van der Waals surface area (Å²) in [7, 11) is 0.800. The second-order valence-electron chi connectivity index (χ2n) is 5.36. The highest BCUT2D eigenvalue weighted by atomic mass is 28.4. The van der Waals surface area contributed by atoms with Crippen LogP contribution >= 0.6 is 0 Å². The third-order valence-electron chi connectivity index (χ3n) is 4.02. The number of nitrogens with one attached hydrogen (secondary N) is 1. The van der Waals surface area contributed by atoms with Gasteiger partial charge >= 0.3 is 8.56 Å². The molecule has 4 nitrogen and oxygen atoms in total. The van der Waals surface area contributed by atoms with E-state index in [1.54, 1.807) is 32.4 Å². The van der Waals surface area contributed by atoms with E-state index >= 15 is 0 Å². The number of carbonyl (C=O) groups excluding carboxylic acids is 1. The van der Waals surface area contributed by atoms with Gasteiger partial charge in [-0.2, -0.15) is 0 Å². The van der Waals surface area contributed by atoms with Gasteiger partial charge in [0, 0.05) is 32.4 Å². The highest BCUT2D eigenvalue weighted by Gasteiger charge is 2.37. The predicted molar refractivity (Wildman–Crippen MR) is 99.5 cm³/mol. The molecule has 2 aromatic rings. The van der Waals surface area contributed by atoms with Gasteiger partial charge in [0.05, 0.1) is 0 Å². The molecule has 5 heteroatoms. The third kappa shape index (κ3) is 4.20. The van der Waals surface area contributed by atoms with E-state index in [2.05, 4.69) is 11.9 Å². The highest BCUT2D eigenvalue weighted by Crippen LogP contribution is 2.12. The minimum Gasteiger partial charge on any atom is -0.394 e. The van der Waals surface area contributed by atoms with Crippen molar-refractivity contribution in [3.8, 4) is 0 Å². The Balaban J connectivity index is 1.99. The second kappa shape index (κ2) is 8.59. The van der Waals surface area contributed by atoms with Crippen LogP contribution in [0.15, 0.2) is 61.2 Å². The van der Waals surface area contributed by atoms with Gasteiger partial charge in [-0.15, -0.1) is 0 Å². The van der Waals surface area contributed by atoms with E-state index in [0.717, 1.165) is 10.8 Å². The number of carbonyl (C=O) groups is 1. The zero-order chi connectivity index (χ0) is 17.4. The van der Waals surface area contributed by atoms with Gasteiger partial charge in [0.25, 0.3) is 5.91 Å². The van der Waals surface area contributed by atoms with Crippen LogP contribution in [0.2, 0.25) is 6.04 Å². The normalized spacial score (nSPS) is 11.1. The van der Waals surface area contributed by atoms with E-state index in [9.17, 15) is 4.79 Å². The van der Waals surface area contributed by atoms with Crippen LogP contribution in [-0.4, -0.2) is 35.2 Å². The fourth-order valence-electron chi connectivity index (χ4n) is 2.57. The van der Waals surface area contributed by atoms with Crippen LogP contribution in [0.5, 0.6) is 0 Å². The van der Waals surface area contributed by atoms with Crippen molar-refractivity contribution in [2.24, 2.45) is 0 Å². The SMILES string of the molecule is C=Cc1ccc(C(=O)NCC[Si](OC)(OC)c2ccccc2)cc1. The van der Waals surface area contributed by atoms with Gasteiger partial charge < -0.3 is 14.2 Å². The Morgan fingerprint density at radius 3 is 2.25 bits per heavy atom. The maximum Gasteiger partial charge on any atom is 0.373 e. The molecule has 0 aliphatic heterocycles. The van der Waals surface area contributed by atoms with Crippen molar-refractivity contribution in [1.82, 2.24) is 5.32 Å². The van der Waals surface area contributed by atoms with Gasteiger partial charge in [0.1, 0.15) is 0 Å². The molecule has 0 saturated carbocycles. The lowest BCUT2D eigenvalue weighted by atomic mass is 10.1. The fraction of sp³-hybridized carbons (Fsp3) is 0.211. The molecule has 24 heavy (non-hydrogen) atoms. The molecule has 0 fully saturated rings. The molecule has 0 bridgehead atoms. The average Bonchev–Trinajstić information content (AvgIpc) is 2.66. The Morgan fingerprint density at radius 2 is 1.71 bits per heavy atom. The van der Waals surface area contributed by atoms with Crippen molar-refractivity contribution in [1.29, 1.82) is 0 Å². The smallest absolute Gasteiger partial charge is 0.373 e. The van der Waals surface area contributed by atoms with Crippen molar-refractivity contribution in [3.05, 3.63) is 72.3 Å². The highest BCUT2D eigenvalue weighted by molar-refractivity contribution is 6.81. The quantitative estimate of drug-likeness (QED) is 0.751. The summed E-state index contributed by atoms with van der Waals surface area (Å²) in [6.07, 6.45) is 1.75. The van der Waals surface area contributed by atoms with Crippen LogP contribution in [-0.2, 0) is 8.85 Å². The second-order valence-corrected chi connectivity index (χ2v) is 8.76. The Morgan fingerprint density at radius 1 is 1.08 bits per heavy atom. The van der Waals surface area contributed by atoms with Crippen molar-refractivity contribution in [3.63, 3.8) is 0 Å². The topological polar surface area (TPSA) is 47.6 Å². The first-order valence-electron chi connectivity index (χ1n) is 7.81. The van der Waals surface area contributed by atoms with E-state index < -0.39 is 8.56 Å². The van der Waals surface area contributed by atoms with Crippen molar-refractivity contribution >= 4 is 25.7 Å². The lowest BCUT2D eigenvalue weighted by Crippen LogP contribution is -2.54. The molecule has 1 amide bonds. The Hall–Kier alpha value is -2.21. The van der Waals surface area contributed by atoms with Gasteiger partial charge in [0.15, 0.2) is 0 Å². The maximum atomic E-state index is 12.2. The molecule has 0 radical (unpaired) electrons. The van der Waals surface area contributed by atoms with E-state index in [-0.39, 0.29) is 5.91 Å². The van der Waals surface area contributed by atoms with Crippen LogP contribution in [0.3, 0.4) is 0 Å². The average molecular weight is 341 g/mol. The molecule has 1 N–H and O–H groups in total. The van der Waals surface area contributed by atoms with Crippen LogP contribution in [0, 0.1) is 0 Å². The zero-order valence-electron chi connectivity index (χ0n) is 14.1. The molecule has 2 rings (SSSR count). The maximum absolute atomic E-state index is 12.2. The van der Waals surface area contributed by atoms with Gasteiger partial charge in [-0.3, -0.25) is 4.79 Å². The summed E-state index contributed by atoms with van der Waals surface area (Å²) in [4.78, 5) is 12.2. The fourth-order valence-corrected chi connectivity index (χ4v) is 5.06. The summed E-state index contributed by atoms with van der Waals surface area (Å²) < 4.78 is 11.5. The summed E-state index contributed by atoms with van der Waals surface area (Å²) in [6.45, 7) is 4.20. The van der Waals surface area contributed by atoms with Gasteiger partial charge in [-0.1, -0.05) is 55.1 Å². The van der Waals surface area contributed by atoms with E-state index in [1.165, 1.54) is 0 Å². The van der Waals surface area contributed by atoms with Crippen molar-refractivity contribution in [2.75, 3.05) is 20.8 Å². The van der Waals surface area contributed by atoms with Crippen LogP contribution in [0.1, 0.15) is 15.9 Å². The van der Waals surface area contributed by atoms with Crippen LogP contribution in [0.4, 0.5) is 0 Å². The lowest BCUT2D eigenvalue weighted by molar-refractivity contribution is 0.0955. The molecule has 0 unspecified atom stereocenters. The molecule has 0 saturated heterocycles. The Bertz CT molecular complexity index is 667. The number of benzene rings is 2. The van der Waals surface area contributed by atoms with Crippen molar-refractivity contribution in [2.45, 2.75) is 6.04 Å². The first-order chi connectivity index (χ1) is 11.6. The minimum atomic E-state index is -2.53. The zero-order valence-corrected chi connectivity index (χ0v) is 15.1. The molecule has 0 spiro atoms. The van der Waals surface area contributed by atoms with E-state index in [1.807, 2.05) is 42.5 Å². The number of rotatable bonds is 8. The monoisotopic (exact) mass is 341 g/mol. The Kier molecular flexibility index (Phi) is 6.49. The molecule has 0 aromatic heterocycles. The molecular weight excluding hydrogens is 318 g/mol. The summed E-state index contributed by atoms with van der Waals surface area (Å²) in [5, 5.41) is 4.00. The minimum absolute atomic E-state index is 0.103. The van der Waals surface area contributed by atoms with Gasteiger partial charge in [-0.05, 0) is 22.9 Å². The van der Waals surface area contributed by atoms with E-state index in [0.29, 0.717) is 18.2 Å². The van der Waals surface area contributed by atoms with Crippen molar-refractivity contribution < 1.29 is 13.6 Å². The van der Waals surface area contributed by atoms with Gasteiger partial charge in [0.2, 0.25) is 0 Å². The third-order valence-corrected chi connectivity index (χ3v) is 7.46. The molecule has 126 valence electrons. The first kappa shape index (κ1) is 18.1. The molecular formula is C19H23NO3Si. The van der Waals surface area contributed by atoms with Gasteiger partial charge in [-0.25, -0.2) is 0 Å². The number of hydrogen-bond acceptors (Lipinski definition) is 3. The molecule has 2 aromatic carbocycles. The largest absolute Gasteiger partial charge is 0.394 e. The predicted octanol–water partition coefficient (Wildman–Crippen LogP) is 2.70. The Labute approximate surface area is 144 Å². The first-order valence-corrected chi connectivity index (χ1v) is 9.84. The number of hydrogen-bond donors (Lipinski definition) is 1. The summed E-state index contributed by atoms with van der Waals surface area (Å²) in [6, 6.07) is 17.9. The summed E-state index contributed by atoms with van der Waals surface area (Å²) in [5.74, 6) is -0.103.